The van der Waals surface area contributed by atoms with Gasteiger partial charge in [0, 0.05) is 29.1 Å². The molecule has 0 unspecified atom stereocenters. The molecule has 0 spiro atoms. The molecular formula is C27H23ClN2. The van der Waals surface area contributed by atoms with Crippen molar-refractivity contribution in [2.24, 2.45) is 0 Å². The monoisotopic (exact) mass is 410 g/mol. The van der Waals surface area contributed by atoms with E-state index in [1.165, 1.54) is 10.9 Å². The normalized spacial score (nSPS) is 10.0. The van der Waals surface area contributed by atoms with E-state index in [4.69, 9.17) is 0 Å². The van der Waals surface area contributed by atoms with Crippen molar-refractivity contribution in [2.75, 3.05) is 0 Å². The van der Waals surface area contributed by atoms with Crippen LogP contribution in [0.25, 0.3) is 27.9 Å². The fraction of sp³-hybridized carbons (Fsp3) is 0.0370. The molecule has 2 heterocycles. The van der Waals surface area contributed by atoms with Crippen LogP contribution in [0.5, 0.6) is 0 Å². The SMILES string of the molecule is C=Cc1ccnc2ccccc12.Cl.c1ccc(Cc2ccc3ccccc3n2)cc1. The molecule has 3 heteroatoms. The summed E-state index contributed by atoms with van der Waals surface area (Å²) in [5.41, 5.74) is 5.65. The third kappa shape index (κ3) is 5.11. The van der Waals surface area contributed by atoms with E-state index in [0.29, 0.717) is 0 Å². The molecule has 0 saturated carbocycles. The van der Waals surface area contributed by atoms with E-state index >= 15 is 0 Å². The van der Waals surface area contributed by atoms with Gasteiger partial charge in [-0.1, -0.05) is 85.5 Å². The number of fused-ring (bicyclic) bond motifs is 2. The van der Waals surface area contributed by atoms with E-state index in [9.17, 15) is 0 Å². The molecule has 5 aromatic rings. The molecule has 0 saturated heterocycles. The molecule has 5 rings (SSSR count). The smallest absolute Gasteiger partial charge is 0.0707 e. The third-order valence-corrected chi connectivity index (χ3v) is 4.79. The highest BCUT2D eigenvalue weighted by molar-refractivity contribution is 5.87. The lowest BCUT2D eigenvalue weighted by molar-refractivity contribution is 1.10. The van der Waals surface area contributed by atoms with Gasteiger partial charge < -0.3 is 0 Å². The Morgan fingerprint density at radius 1 is 0.700 bits per heavy atom. The first-order valence-corrected chi connectivity index (χ1v) is 9.68. The minimum atomic E-state index is 0. The maximum Gasteiger partial charge on any atom is 0.0707 e. The molecule has 2 nitrogen and oxygen atoms in total. The van der Waals surface area contributed by atoms with E-state index in [1.807, 2.05) is 48.5 Å². The van der Waals surface area contributed by atoms with Gasteiger partial charge in [0.15, 0.2) is 0 Å². The van der Waals surface area contributed by atoms with Gasteiger partial charge in [-0.3, -0.25) is 9.97 Å². The number of benzene rings is 3. The Kier molecular flexibility index (Phi) is 7.31. The lowest BCUT2D eigenvalue weighted by Gasteiger charge is -2.03. The maximum absolute atomic E-state index is 4.67. The second kappa shape index (κ2) is 10.3. The van der Waals surface area contributed by atoms with Crippen LogP contribution < -0.4 is 0 Å². The van der Waals surface area contributed by atoms with Crippen molar-refractivity contribution in [1.29, 1.82) is 0 Å². The Balaban J connectivity index is 0.000000175. The maximum atomic E-state index is 4.67. The molecule has 0 atom stereocenters. The molecule has 0 N–H and O–H groups in total. The van der Waals surface area contributed by atoms with Crippen LogP contribution in [0.3, 0.4) is 0 Å². The van der Waals surface area contributed by atoms with Crippen molar-refractivity contribution in [3.63, 3.8) is 0 Å². The molecule has 30 heavy (non-hydrogen) atoms. The summed E-state index contributed by atoms with van der Waals surface area (Å²) in [5, 5.41) is 2.36. The third-order valence-electron chi connectivity index (χ3n) is 4.79. The lowest BCUT2D eigenvalue weighted by atomic mass is 10.1. The van der Waals surface area contributed by atoms with Crippen LogP contribution in [0, 0.1) is 0 Å². The minimum Gasteiger partial charge on any atom is -0.256 e. The first-order chi connectivity index (χ1) is 14.3. The van der Waals surface area contributed by atoms with Gasteiger partial charge in [-0.05, 0) is 35.4 Å². The van der Waals surface area contributed by atoms with Gasteiger partial charge in [0.2, 0.25) is 0 Å². The summed E-state index contributed by atoms with van der Waals surface area (Å²) in [5.74, 6) is 0. The van der Waals surface area contributed by atoms with Crippen molar-refractivity contribution >= 4 is 40.3 Å². The predicted molar refractivity (Wildman–Crippen MR) is 130 cm³/mol. The molecule has 0 amide bonds. The van der Waals surface area contributed by atoms with Crippen LogP contribution in [0.1, 0.15) is 16.8 Å². The van der Waals surface area contributed by atoms with Crippen LogP contribution in [0.4, 0.5) is 0 Å². The van der Waals surface area contributed by atoms with Crippen LogP contribution in [0.2, 0.25) is 0 Å². The van der Waals surface area contributed by atoms with E-state index in [2.05, 4.69) is 71.1 Å². The number of hydrogen-bond donors (Lipinski definition) is 0. The second-order valence-corrected chi connectivity index (χ2v) is 6.78. The summed E-state index contributed by atoms with van der Waals surface area (Å²) in [4.78, 5) is 8.91. The van der Waals surface area contributed by atoms with Crippen LogP contribution in [0.15, 0.2) is 110 Å². The van der Waals surface area contributed by atoms with Crippen molar-refractivity contribution in [3.05, 3.63) is 127 Å². The Hall–Kier alpha value is -3.49. The second-order valence-electron chi connectivity index (χ2n) is 6.78. The molecule has 0 aliphatic rings. The number of pyridine rings is 2. The van der Waals surface area contributed by atoms with Gasteiger partial charge in [0.25, 0.3) is 0 Å². The molecular weight excluding hydrogens is 388 g/mol. The fourth-order valence-corrected chi connectivity index (χ4v) is 3.31. The average Bonchev–Trinajstić information content (AvgIpc) is 2.80. The molecule has 0 fully saturated rings. The van der Waals surface area contributed by atoms with Gasteiger partial charge in [-0.15, -0.1) is 12.4 Å². The van der Waals surface area contributed by atoms with Crippen LogP contribution in [-0.4, -0.2) is 9.97 Å². The zero-order chi connectivity index (χ0) is 19.9. The largest absolute Gasteiger partial charge is 0.256 e. The van der Waals surface area contributed by atoms with Gasteiger partial charge in [0.1, 0.15) is 0 Å². The minimum absolute atomic E-state index is 0. The van der Waals surface area contributed by atoms with E-state index < -0.39 is 0 Å². The fourth-order valence-electron chi connectivity index (χ4n) is 3.31. The number of aromatic nitrogens is 2. The summed E-state index contributed by atoms with van der Waals surface area (Å²) in [6.07, 6.45) is 4.55. The van der Waals surface area contributed by atoms with E-state index in [-0.39, 0.29) is 12.4 Å². The number of hydrogen-bond acceptors (Lipinski definition) is 2. The molecule has 0 aliphatic carbocycles. The molecule has 0 bridgehead atoms. The van der Waals surface area contributed by atoms with E-state index in [0.717, 1.165) is 34.1 Å². The van der Waals surface area contributed by atoms with E-state index in [1.54, 1.807) is 6.20 Å². The first kappa shape index (κ1) is 21.2. The Morgan fingerprint density at radius 3 is 2.20 bits per heavy atom. The van der Waals surface area contributed by atoms with Gasteiger partial charge in [-0.25, -0.2) is 0 Å². The quantitative estimate of drug-likeness (QED) is 0.316. The topological polar surface area (TPSA) is 25.8 Å². The van der Waals surface area contributed by atoms with Crippen molar-refractivity contribution in [2.45, 2.75) is 6.42 Å². The van der Waals surface area contributed by atoms with Gasteiger partial charge >= 0.3 is 0 Å². The highest BCUT2D eigenvalue weighted by atomic mass is 35.5. The highest BCUT2D eigenvalue weighted by Gasteiger charge is 1.99. The molecule has 3 aromatic carbocycles. The van der Waals surface area contributed by atoms with Crippen molar-refractivity contribution in [3.8, 4) is 0 Å². The lowest BCUT2D eigenvalue weighted by Crippen LogP contribution is -1.92. The number of para-hydroxylation sites is 2. The molecule has 148 valence electrons. The summed E-state index contributed by atoms with van der Waals surface area (Å²) in [6.45, 7) is 3.75. The highest BCUT2D eigenvalue weighted by Crippen LogP contribution is 2.16. The summed E-state index contributed by atoms with van der Waals surface area (Å²) >= 11 is 0. The average molecular weight is 411 g/mol. The zero-order valence-corrected chi connectivity index (χ0v) is 17.4. The van der Waals surface area contributed by atoms with Crippen molar-refractivity contribution in [1.82, 2.24) is 9.97 Å². The Bertz CT molecular complexity index is 1240. The van der Waals surface area contributed by atoms with Crippen molar-refractivity contribution < 1.29 is 0 Å². The number of rotatable bonds is 3. The van der Waals surface area contributed by atoms with Gasteiger partial charge in [0.05, 0.1) is 11.0 Å². The molecule has 0 aliphatic heterocycles. The predicted octanol–water partition coefficient (Wildman–Crippen LogP) is 7.13. The summed E-state index contributed by atoms with van der Waals surface area (Å²) < 4.78 is 0. The van der Waals surface area contributed by atoms with Crippen LogP contribution in [-0.2, 0) is 6.42 Å². The molecule has 2 aromatic heterocycles. The Labute approximate surface area is 183 Å². The van der Waals surface area contributed by atoms with Gasteiger partial charge in [-0.2, -0.15) is 0 Å². The Morgan fingerprint density at radius 2 is 1.40 bits per heavy atom. The molecule has 0 radical (unpaired) electrons. The zero-order valence-electron chi connectivity index (χ0n) is 16.6. The number of halogens is 1. The van der Waals surface area contributed by atoms with Crippen LogP contribution >= 0.6 is 12.4 Å². The summed E-state index contributed by atoms with van der Waals surface area (Å²) in [7, 11) is 0. The summed E-state index contributed by atoms with van der Waals surface area (Å²) in [6, 6.07) is 32.9. The first-order valence-electron chi connectivity index (χ1n) is 9.68. The standard InChI is InChI=1S/C16H13N.C11H9N.ClH/c1-2-6-13(7-3-1)12-15-11-10-14-8-4-5-9-16(14)17-15;1-2-9-7-8-12-11-6-4-3-5-10(9)11;/h1-11H,12H2;2-8H,1H2;1H. The number of nitrogens with zero attached hydrogens (tertiary/aromatic N) is 2.